The Labute approximate surface area is 106 Å². The van der Waals surface area contributed by atoms with Crippen molar-refractivity contribution in [3.63, 3.8) is 0 Å². The number of nitro groups is 1. The molecule has 6 heteroatoms. The van der Waals surface area contributed by atoms with Gasteiger partial charge in [0, 0.05) is 19.2 Å². The van der Waals surface area contributed by atoms with Crippen LogP contribution in [0.1, 0.15) is 31.2 Å². The Bertz CT molecular complexity index is 396. The second-order valence-electron chi connectivity index (χ2n) is 4.18. The number of rotatable bonds is 8. The van der Waals surface area contributed by atoms with Gasteiger partial charge >= 0.3 is 0 Å². The molecule has 1 heterocycles. The van der Waals surface area contributed by atoms with Crippen molar-refractivity contribution in [1.82, 2.24) is 4.98 Å². The van der Waals surface area contributed by atoms with Gasteiger partial charge in [0.1, 0.15) is 12.0 Å². The summed E-state index contributed by atoms with van der Waals surface area (Å²) in [5.41, 5.74) is 0.792. The van der Waals surface area contributed by atoms with Crippen LogP contribution in [0.25, 0.3) is 0 Å². The van der Waals surface area contributed by atoms with Gasteiger partial charge in [-0.25, -0.2) is 4.98 Å². The molecule has 0 bridgehead atoms. The fourth-order valence-corrected chi connectivity index (χ4v) is 1.64. The summed E-state index contributed by atoms with van der Waals surface area (Å²) in [7, 11) is 0. The van der Waals surface area contributed by atoms with E-state index in [2.05, 4.69) is 10.3 Å². The van der Waals surface area contributed by atoms with E-state index in [0.29, 0.717) is 5.82 Å². The first kappa shape index (κ1) is 14.4. The van der Waals surface area contributed by atoms with Crippen LogP contribution in [-0.4, -0.2) is 28.2 Å². The van der Waals surface area contributed by atoms with E-state index in [9.17, 15) is 10.1 Å². The highest BCUT2D eigenvalue weighted by atomic mass is 16.6. The number of unbranched alkanes of at least 4 members (excludes halogenated alkanes) is 3. The van der Waals surface area contributed by atoms with Crippen molar-refractivity contribution in [1.29, 1.82) is 0 Å². The maximum absolute atomic E-state index is 10.5. The van der Waals surface area contributed by atoms with E-state index in [0.717, 1.165) is 37.8 Å². The number of nitrogens with zero attached hydrogens (tertiary/aromatic N) is 2. The Morgan fingerprint density at radius 2 is 2.11 bits per heavy atom. The molecule has 18 heavy (non-hydrogen) atoms. The summed E-state index contributed by atoms with van der Waals surface area (Å²) in [6.07, 6.45) is 5.18. The number of pyridine rings is 1. The van der Waals surface area contributed by atoms with Gasteiger partial charge in [0.25, 0.3) is 5.69 Å². The maximum atomic E-state index is 10.5. The van der Waals surface area contributed by atoms with Crippen molar-refractivity contribution in [2.75, 3.05) is 18.5 Å². The number of hydrogen-bond acceptors (Lipinski definition) is 5. The van der Waals surface area contributed by atoms with Crippen LogP contribution in [0, 0.1) is 17.0 Å². The summed E-state index contributed by atoms with van der Waals surface area (Å²) in [6, 6.07) is 1.51. The van der Waals surface area contributed by atoms with E-state index in [1.807, 2.05) is 0 Å². The summed E-state index contributed by atoms with van der Waals surface area (Å²) in [5.74, 6) is 0.697. The number of aliphatic hydroxyl groups is 1. The average Bonchev–Trinajstić information content (AvgIpc) is 2.35. The molecule has 0 amide bonds. The third-order valence-corrected chi connectivity index (χ3v) is 2.65. The molecule has 0 unspecified atom stereocenters. The largest absolute Gasteiger partial charge is 0.396 e. The fourth-order valence-electron chi connectivity index (χ4n) is 1.64. The van der Waals surface area contributed by atoms with Crippen LogP contribution < -0.4 is 5.32 Å². The number of nitrogens with one attached hydrogen (secondary N) is 1. The lowest BCUT2D eigenvalue weighted by molar-refractivity contribution is -0.385. The minimum Gasteiger partial charge on any atom is -0.396 e. The Kier molecular flexibility index (Phi) is 6.07. The van der Waals surface area contributed by atoms with Gasteiger partial charge in [0.2, 0.25) is 0 Å². The Balaban J connectivity index is 2.36. The molecule has 0 atom stereocenters. The summed E-state index contributed by atoms with van der Waals surface area (Å²) >= 11 is 0. The van der Waals surface area contributed by atoms with Crippen LogP contribution in [-0.2, 0) is 0 Å². The van der Waals surface area contributed by atoms with Crippen LogP contribution >= 0.6 is 0 Å². The Hall–Kier alpha value is -1.69. The zero-order valence-electron chi connectivity index (χ0n) is 10.6. The van der Waals surface area contributed by atoms with E-state index in [-0.39, 0.29) is 12.3 Å². The quantitative estimate of drug-likeness (QED) is 0.421. The van der Waals surface area contributed by atoms with Crippen molar-refractivity contribution in [3.8, 4) is 0 Å². The summed E-state index contributed by atoms with van der Waals surface area (Å²) in [5, 5.41) is 22.3. The van der Waals surface area contributed by atoms with Gasteiger partial charge in [0.05, 0.1) is 4.92 Å². The molecule has 0 aromatic carbocycles. The highest BCUT2D eigenvalue weighted by molar-refractivity contribution is 5.48. The van der Waals surface area contributed by atoms with Crippen LogP contribution in [0.3, 0.4) is 0 Å². The van der Waals surface area contributed by atoms with Crippen LogP contribution in [0.5, 0.6) is 0 Å². The van der Waals surface area contributed by atoms with E-state index >= 15 is 0 Å². The lowest BCUT2D eigenvalue weighted by Gasteiger charge is -2.07. The topological polar surface area (TPSA) is 88.3 Å². The predicted octanol–water partition coefficient (Wildman–Crippen LogP) is 2.26. The molecule has 0 radical (unpaired) electrons. The maximum Gasteiger partial charge on any atom is 0.287 e. The van der Waals surface area contributed by atoms with Gasteiger partial charge in [-0.15, -0.1) is 0 Å². The second kappa shape index (κ2) is 7.60. The normalized spacial score (nSPS) is 10.3. The third kappa shape index (κ3) is 4.67. The molecule has 0 saturated heterocycles. The van der Waals surface area contributed by atoms with E-state index < -0.39 is 4.92 Å². The van der Waals surface area contributed by atoms with Crippen molar-refractivity contribution in [2.24, 2.45) is 0 Å². The van der Waals surface area contributed by atoms with Crippen LogP contribution in [0.2, 0.25) is 0 Å². The van der Waals surface area contributed by atoms with Gasteiger partial charge < -0.3 is 10.4 Å². The minimum atomic E-state index is -0.446. The smallest absolute Gasteiger partial charge is 0.287 e. The van der Waals surface area contributed by atoms with Crippen LogP contribution in [0.15, 0.2) is 12.3 Å². The van der Waals surface area contributed by atoms with Gasteiger partial charge in [-0.05, 0) is 25.3 Å². The van der Waals surface area contributed by atoms with Gasteiger partial charge in [-0.2, -0.15) is 0 Å². The zero-order chi connectivity index (χ0) is 13.4. The molecule has 6 nitrogen and oxygen atoms in total. The molecule has 1 rings (SSSR count). The van der Waals surface area contributed by atoms with Crippen molar-refractivity contribution >= 4 is 11.5 Å². The number of aliphatic hydroxyl groups excluding tert-OH is 1. The van der Waals surface area contributed by atoms with E-state index in [1.54, 1.807) is 6.92 Å². The molecule has 0 aliphatic rings. The second-order valence-corrected chi connectivity index (χ2v) is 4.18. The number of hydrogen-bond donors (Lipinski definition) is 2. The minimum absolute atomic E-state index is 0.0148. The predicted molar refractivity (Wildman–Crippen MR) is 69.7 cm³/mol. The molecular formula is C12H19N3O3. The first-order valence-corrected chi connectivity index (χ1v) is 6.11. The standard InChI is InChI=1S/C12H19N3O3/c1-10-8-11(15(17)18)9-14-12(10)13-6-4-2-3-5-7-16/h8-9,16H,2-7H2,1H3,(H,13,14). The molecule has 0 saturated carbocycles. The number of aromatic nitrogens is 1. The first-order chi connectivity index (χ1) is 8.65. The SMILES string of the molecule is Cc1cc([N+](=O)[O-])cnc1NCCCCCCO. The molecule has 2 N–H and O–H groups in total. The molecule has 1 aromatic rings. The zero-order valence-corrected chi connectivity index (χ0v) is 10.6. The molecule has 0 spiro atoms. The van der Waals surface area contributed by atoms with Gasteiger partial charge in [-0.1, -0.05) is 12.8 Å². The van der Waals surface area contributed by atoms with Gasteiger partial charge in [-0.3, -0.25) is 10.1 Å². The lowest BCUT2D eigenvalue weighted by Crippen LogP contribution is -2.05. The van der Waals surface area contributed by atoms with Gasteiger partial charge in [0.15, 0.2) is 0 Å². The summed E-state index contributed by atoms with van der Waals surface area (Å²) in [4.78, 5) is 14.1. The van der Waals surface area contributed by atoms with Crippen molar-refractivity contribution in [2.45, 2.75) is 32.6 Å². The first-order valence-electron chi connectivity index (χ1n) is 6.11. The molecular weight excluding hydrogens is 234 g/mol. The Morgan fingerprint density at radius 3 is 2.72 bits per heavy atom. The average molecular weight is 253 g/mol. The van der Waals surface area contributed by atoms with Crippen molar-refractivity contribution in [3.05, 3.63) is 27.9 Å². The fraction of sp³-hybridized carbons (Fsp3) is 0.583. The summed E-state index contributed by atoms with van der Waals surface area (Å²) in [6.45, 7) is 2.83. The molecule has 100 valence electrons. The van der Waals surface area contributed by atoms with E-state index in [4.69, 9.17) is 5.11 Å². The lowest BCUT2D eigenvalue weighted by atomic mass is 10.2. The highest BCUT2D eigenvalue weighted by Gasteiger charge is 2.08. The highest BCUT2D eigenvalue weighted by Crippen LogP contribution is 2.17. The number of anilines is 1. The molecule has 0 aliphatic heterocycles. The van der Waals surface area contributed by atoms with Crippen LogP contribution in [0.4, 0.5) is 11.5 Å². The molecule has 0 aliphatic carbocycles. The monoisotopic (exact) mass is 253 g/mol. The van der Waals surface area contributed by atoms with E-state index in [1.165, 1.54) is 12.3 Å². The third-order valence-electron chi connectivity index (χ3n) is 2.65. The number of aryl methyl sites for hydroxylation is 1. The molecule has 0 fully saturated rings. The van der Waals surface area contributed by atoms with Crippen molar-refractivity contribution < 1.29 is 10.0 Å². The summed E-state index contributed by atoms with van der Waals surface area (Å²) < 4.78 is 0. The Morgan fingerprint density at radius 1 is 1.39 bits per heavy atom. The molecule has 1 aromatic heterocycles.